The number of benzene rings is 1. The van der Waals surface area contributed by atoms with Crippen LogP contribution in [0.1, 0.15) is 23.7 Å². The van der Waals surface area contributed by atoms with E-state index in [-0.39, 0.29) is 12.4 Å². The van der Waals surface area contributed by atoms with Crippen LogP contribution in [0.2, 0.25) is 0 Å². The number of thioether (sulfide) groups is 1. The molecule has 1 N–H and O–H groups in total. The summed E-state index contributed by atoms with van der Waals surface area (Å²) >= 11 is 1.47. The largest absolute Gasteiger partial charge is 0.454 e. The van der Waals surface area contributed by atoms with E-state index in [1.54, 1.807) is 6.08 Å². The number of aromatic nitrogens is 2. The Morgan fingerprint density at radius 2 is 2.22 bits per heavy atom. The van der Waals surface area contributed by atoms with E-state index < -0.39 is 0 Å². The summed E-state index contributed by atoms with van der Waals surface area (Å²) in [6.45, 7) is 5.91. The summed E-state index contributed by atoms with van der Waals surface area (Å²) in [5.74, 6) is 2.20. The SMILES string of the molecule is C=CCSc1nc(Cc2ccc3c(c2)OCO3)c(CC)c(=O)[nH]1. The first-order valence-electron chi connectivity index (χ1n) is 7.45. The number of hydrogen-bond donors (Lipinski definition) is 1. The van der Waals surface area contributed by atoms with Crippen molar-refractivity contribution >= 4 is 11.8 Å². The predicted octanol–water partition coefficient (Wildman–Crippen LogP) is 2.93. The molecule has 1 aromatic carbocycles. The van der Waals surface area contributed by atoms with Gasteiger partial charge in [-0.2, -0.15) is 0 Å². The lowest BCUT2D eigenvalue weighted by atomic mass is 10.0. The van der Waals surface area contributed by atoms with Gasteiger partial charge in [0.25, 0.3) is 5.56 Å². The monoisotopic (exact) mass is 330 g/mol. The van der Waals surface area contributed by atoms with Gasteiger partial charge in [0.05, 0.1) is 5.69 Å². The first-order chi connectivity index (χ1) is 11.2. The average Bonchev–Trinajstić information content (AvgIpc) is 3.00. The Balaban J connectivity index is 1.92. The van der Waals surface area contributed by atoms with Crippen LogP contribution >= 0.6 is 11.8 Å². The number of H-pyrrole nitrogens is 1. The quantitative estimate of drug-likeness (QED) is 0.501. The van der Waals surface area contributed by atoms with Crippen LogP contribution in [-0.2, 0) is 12.8 Å². The molecule has 0 amide bonds. The average molecular weight is 330 g/mol. The number of nitrogens with one attached hydrogen (secondary N) is 1. The van der Waals surface area contributed by atoms with Crippen LogP contribution in [0, 0.1) is 0 Å². The molecule has 0 saturated heterocycles. The first-order valence-corrected chi connectivity index (χ1v) is 8.44. The maximum atomic E-state index is 12.3. The highest BCUT2D eigenvalue weighted by molar-refractivity contribution is 7.99. The summed E-state index contributed by atoms with van der Waals surface area (Å²) in [5, 5.41) is 0.628. The van der Waals surface area contributed by atoms with Crippen molar-refractivity contribution in [3.05, 3.63) is 58.0 Å². The summed E-state index contributed by atoms with van der Waals surface area (Å²) in [4.78, 5) is 19.7. The molecule has 23 heavy (non-hydrogen) atoms. The Kier molecular flexibility index (Phi) is 4.71. The lowest BCUT2D eigenvalue weighted by Crippen LogP contribution is -2.18. The van der Waals surface area contributed by atoms with E-state index in [0.29, 0.717) is 23.8 Å². The Morgan fingerprint density at radius 1 is 1.39 bits per heavy atom. The number of nitrogens with zero attached hydrogens (tertiary/aromatic N) is 1. The summed E-state index contributed by atoms with van der Waals surface area (Å²) in [6.07, 6.45) is 3.02. The van der Waals surface area contributed by atoms with Crippen molar-refractivity contribution < 1.29 is 9.47 Å². The minimum Gasteiger partial charge on any atom is -0.454 e. The third-order valence-electron chi connectivity index (χ3n) is 3.58. The standard InChI is InChI=1S/C17H18N2O3S/c1-3-7-23-17-18-13(12(4-2)16(20)19-17)8-11-5-6-14-15(9-11)22-10-21-14/h3,5-6,9H,1,4,7-8,10H2,2H3,(H,18,19,20). The molecule has 0 aliphatic carbocycles. The van der Waals surface area contributed by atoms with E-state index in [2.05, 4.69) is 16.5 Å². The van der Waals surface area contributed by atoms with E-state index in [0.717, 1.165) is 28.3 Å². The first kappa shape index (κ1) is 15.7. The second-order valence-corrected chi connectivity index (χ2v) is 6.12. The number of fused-ring (bicyclic) bond motifs is 1. The van der Waals surface area contributed by atoms with Crippen LogP contribution in [0.4, 0.5) is 0 Å². The van der Waals surface area contributed by atoms with Crippen molar-refractivity contribution in [2.24, 2.45) is 0 Å². The van der Waals surface area contributed by atoms with E-state index >= 15 is 0 Å². The highest BCUT2D eigenvalue weighted by atomic mass is 32.2. The molecule has 1 aromatic heterocycles. The van der Waals surface area contributed by atoms with Gasteiger partial charge < -0.3 is 14.5 Å². The van der Waals surface area contributed by atoms with Gasteiger partial charge in [0.1, 0.15) is 0 Å². The number of hydrogen-bond acceptors (Lipinski definition) is 5. The third-order valence-corrected chi connectivity index (χ3v) is 4.45. The van der Waals surface area contributed by atoms with Crippen LogP contribution in [0.3, 0.4) is 0 Å². The second kappa shape index (κ2) is 6.91. The molecule has 0 fully saturated rings. The molecule has 0 atom stereocenters. The zero-order valence-corrected chi connectivity index (χ0v) is 13.7. The maximum absolute atomic E-state index is 12.3. The molecule has 0 radical (unpaired) electrons. The topological polar surface area (TPSA) is 64.2 Å². The number of aromatic amines is 1. The Morgan fingerprint density at radius 3 is 3.00 bits per heavy atom. The van der Waals surface area contributed by atoms with Gasteiger partial charge in [-0.3, -0.25) is 4.79 Å². The van der Waals surface area contributed by atoms with Crippen LogP contribution in [0.15, 0.2) is 40.8 Å². The molecule has 2 aromatic rings. The van der Waals surface area contributed by atoms with E-state index in [9.17, 15) is 4.79 Å². The fourth-order valence-electron chi connectivity index (χ4n) is 2.48. The number of ether oxygens (including phenoxy) is 2. The van der Waals surface area contributed by atoms with Crippen molar-refractivity contribution in [1.29, 1.82) is 0 Å². The summed E-state index contributed by atoms with van der Waals surface area (Å²) in [7, 11) is 0. The molecule has 0 saturated carbocycles. The van der Waals surface area contributed by atoms with E-state index in [1.165, 1.54) is 11.8 Å². The fourth-order valence-corrected chi connectivity index (χ4v) is 3.10. The van der Waals surface area contributed by atoms with E-state index in [4.69, 9.17) is 9.47 Å². The van der Waals surface area contributed by atoms with Crippen molar-refractivity contribution in [2.45, 2.75) is 24.9 Å². The van der Waals surface area contributed by atoms with Gasteiger partial charge >= 0.3 is 0 Å². The van der Waals surface area contributed by atoms with Crippen molar-refractivity contribution in [3.63, 3.8) is 0 Å². The molecule has 2 heterocycles. The number of rotatable bonds is 6. The molecule has 120 valence electrons. The minimum atomic E-state index is -0.0650. The Labute approximate surface area is 138 Å². The summed E-state index contributed by atoms with van der Waals surface area (Å²) < 4.78 is 10.7. The molecule has 3 rings (SSSR count). The predicted molar refractivity (Wildman–Crippen MR) is 90.5 cm³/mol. The van der Waals surface area contributed by atoms with Gasteiger partial charge in [0, 0.05) is 17.7 Å². The molecule has 1 aliphatic rings. The second-order valence-electron chi connectivity index (χ2n) is 5.11. The van der Waals surface area contributed by atoms with Gasteiger partial charge in [-0.1, -0.05) is 30.8 Å². The minimum absolute atomic E-state index is 0.0650. The Hall–Kier alpha value is -2.21. The molecule has 6 heteroatoms. The highest BCUT2D eigenvalue weighted by Crippen LogP contribution is 2.33. The summed E-state index contributed by atoms with van der Waals surface area (Å²) in [6, 6.07) is 5.82. The third kappa shape index (κ3) is 3.42. The van der Waals surface area contributed by atoms with Crippen molar-refractivity contribution in [2.75, 3.05) is 12.5 Å². The molecule has 1 aliphatic heterocycles. The molecule has 0 bridgehead atoms. The lowest BCUT2D eigenvalue weighted by molar-refractivity contribution is 0.174. The molecule has 0 unspecified atom stereocenters. The van der Waals surface area contributed by atoms with E-state index in [1.807, 2.05) is 25.1 Å². The highest BCUT2D eigenvalue weighted by Gasteiger charge is 2.15. The van der Waals surface area contributed by atoms with Crippen molar-refractivity contribution in [1.82, 2.24) is 9.97 Å². The van der Waals surface area contributed by atoms with Gasteiger partial charge in [-0.15, -0.1) is 6.58 Å². The van der Waals surface area contributed by atoms with Gasteiger partial charge in [0.2, 0.25) is 6.79 Å². The molecular formula is C17H18N2O3S. The maximum Gasteiger partial charge on any atom is 0.254 e. The van der Waals surface area contributed by atoms with Crippen LogP contribution in [-0.4, -0.2) is 22.5 Å². The Bertz CT molecular complexity index is 786. The van der Waals surface area contributed by atoms with Gasteiger partial charge in [0.15, 0.2) is 16.7 Å². The van der Waals surface area contributed by atoms with Crippen molar-refractivity contribution in [3.8, 4) is 11.5 Å². The zero-order chi connectivity index (χ0) is 16.2. The van der Waals surface area contributed by atoms with Crippen LogP contribution in [0.25, 0.3) is 0 Å². The molecular weight excluding hydrogens is 312 g/mol. The van der Waals surface area contributed by atoms with Gasteiger partial charge in [-0.25, -0.2) is 4.98 Å². The fraction of sp³-hybridized carbons (Fsp3) is 0.294. The van der Waals surface area contributed by atoms with Crippen LogP contribution in [0.5, 0.6) is 11.5 Å². The van der Waals surface area contributed by atoms with Gasteiger partial charge in [-0.05, 0) is 24.1 Å². The van der Waals surface area contributed by atoms with Crippen LogP contribution < -0.4 is 15.0 Å². The lowest BCUT2D eigenvalue weighted by Gasteiger charge is -2.09. The normalized spacial score (nSPS) is 12.4. The molecule has 0 spiro atoms. The summed E-state index contributed by atoms with van der Waals surface area (Å²) in [5.41, 5.74) is 2.51. The molecule has 5 nitrogen and oxygen atoms in total. The zero-order valence-electron chi connectivity index (χ0n) is 12.9. The smallest absolute Gasteiger partial charge is 0.254 e.